The van der Waals surface area contributed by atoms with Gasteiger partial charge in [-0.1, -0.05) is 29.1 Å². The van der Waals surface area contributed by atoms with E-state index in [2.05, 4.69) is 10.1 Å². The second-order valence-corrected chi connectivity index (χ2v) is 6.54. The molecular weight excluding hydrogens is 338 g/mol. The number of fused-ring (bicyclic) bond motifs is 1. The van der Waals surface area contributed by atoms with E-state index in [0.717, 1.165) is 11.5 Å². The molecule has 0 radical (unpaired) electrons. The van der Waals surface area contributed by atoms with Crippen molar-refractivity contribution in [1.29, 1.82) is 0 Å². The van der Waals surface area contributed by atoms with Crippen LogP contribution < -0.4 is 5.56 Å². The molecule has 4 aromatic rings. The summed E-state index contributed by atoms with van der Waals surface area (Å²) in [6, 6.07) is 12.9. The molecule has 1 aromatic carbocycles. The minimum absolute atomic E-state index is 0.0826. The molecule has 25 heavy (non-hydrogen) atoms. The highest BCUT2D eigenvalue weighted by Crippen LogP contribution is 2.22. The van der Waals surface area contributed by atoms with Crippen LogP contribution in [0, 0.1) is 6.92 Å². The lowest BCUT2D eigenvalue weighted by Crippen LogP contribution is -2.23. The summed E-state index contributed by atoms with van der Waals surface area (Å²) in [6.45, 7) is 2.19. The molecule has 0 bridgehead atoms. The van der Waals surface area contributed by atoms with E-state index >= 15 is 0 Å². The van der Waals surface area contributed by atoms with Crippen LogP contribution in [0.25, 0.3) is 10.9 Å². The van der Waals surface area contributed by atoms with E-state index in [0.29, 0.717) is 34.1 Å². The zero-order chi connectivity index (χ0) is 17.2. The minimum Gasteiger partial charge on any atom is -0.467 e. The van der Waals surface area contributed by atoms with Crippen LogP contribution in [0.1, 0.15) is 17.2 Å². The number of para-hydroxylation sites is 1. The van der Waals surface area contributed by atoms with Crippen molar-refractivity contribution in [3.05, 3.63) is 76.3 Å². The predicted molar refractivity (Wildman–Crippen MR) is 94.6 cm³/mol. The van der Waals surface area contributed by atoms with Crippen LogP contribution in [-0.4, -0.2) is 14.7 Å². The van der Waals surface area contributed by atoms with Gasteiger partial charge in [-0.15, -0.1) is 0 Å². The zero-order valence-corrected chi connectivity index (χ0v) is 14.3. The molecule has 3 heterocycles. The Labute approximate surface area is 147 Å². The summed E-state index contributed by atoms with van der Waals surface area (Å²) in [7, 11) is 0. The van der Waals surface area contributed by atoms with Gasteiger partial charge >= 0.3 is 0 Å². The van der Waals surface area contributed by atoms with Crippen molar-refractivity contribution in [1.82, 2.24) is 14.7 Å². The van der Waals surface area contributed by atoms with Gasteiger partial charge < -0.3 is 8.94 Å². The fourth-order valence-corrected chi connectivity index (χ4v) is 3.46. The Balaban J connectivity index is 1.75. The standard InChI is InChI=1S/C18H15N3O3S/c1-12-9-13(20-24-12)11-25-18-19-16-7-3-2-6-15(16)17(22)21(18)10-14-5-4-8-23-14/h2-9H,10-11H2,1H3. The molecular formula is C18H15N3O3S. The third-order valence-corrected chi connectivity index (χ3v) is 4.76. The Bertz CT molecular complexity index is 1070. The Morgan fingerprint density at radius 2 is 2.08 bits per heavy atom. The fourth-order valence-electron chi connectivity index (χ4n) is 2.58. The Hall–Kier alpha value is -2.80. The summed E-state index contributed by atoms with van der Waals surface area (Å²) >= 11 is 1.45. The van der Waals surface area contributed by atoms with E-state index < -0.39 is 0 Å². The topological polar surface area (TPSA) is 74.1 Å². The van der Waals surface area contributed by atoms with E-state index in [1.165, 1.54) is 11.8 Å². The highest BCUT2D eigenvalue weighted by Gasteiger charge is 2.14. The predicted octanol–water partition coefficient (Wildman–Crippen LogP) is 3.63. The lowest BCUT2D eigenvalue weighted by molar-refractivity contribution is 0.393. The molecule has 0 fully saturated rings. The van der Waals surface area contributed by atoms with E-state index in [9.17, 15) is 4.79 Å². The van der Waals surface area contributed by atoms with Crippen molar-refractivity contribution in [3.8, 4) is 0 Å². The van der Waals surface area contributed by atoms with Crippen LogP contribution in [-0.2, 0) is 12.3 Å². The summed E-state index contributed by atoms with van der Waals surface area (Å²) in [6.07, 6.45) is 1.60. The zero-order valence-electron chi connectivity index (χ0n) is 13.5. The number of nitrogens with zero attached hydrogens (tertiary/aromatic N) is 3. The van der Waals surface area contributed by atoms with Crippen molar-refractivity contribution in [2.24, 2.45) is 0 Å². The molecule has 0 aliphatic rings. The molecule has 7 heteroatoms. The molecule has 0 atom stereocenters. The number of thioether (sulfide) groups is 1. The highest BCUT2D eigenvalue weighted by atomic mass is 32.2. The van der Waals surface area contributed by atoms with Crippen molar-refractivity contribution < 1.29 is 8.94 Å². The summed E-state index contributed by atoms with van der Waals surface area (Å²) in [4.78, 5) is 17.6. The van der Waals surface area contributed by atoms with Crippen molar-refractivity contribution in [2.45, 2.75) is 24.4 Å². The van der Waals surface area contributed by atoms with E-state index in [1.807, 2.05) is 37.3 Å². The fraction of sp³-hybridized carbons (Fsp3) is 0.167. The van der Waals surface area contributed by atoms with Gasteiger partial charge in [0.25, 0.3) is 5.56 Å². The summed E-state index contributed by atoms with van der Waals surface area (Å²) in [5, 5.41) is 5.21. The second kappa shape index (κ2) is 6.60. The van der Waals surface area contributed by atoms with Crippen molar-refractivity contribution in [2.75, 3.05) is 0 Å². The van der Waals surface area contributed by atoms with E-state index in [-0.39, 0.29) is 5.56 Å². The van der Waals surface area contributed by atoms with Crippen LogP contribution in [0.15, 0.2) is 67.6 Å². The minimum atomic E-state index is -0.0826. The Morgan fingerprint density at radius 1 is 1.20 bits per heavy atom. The van der Waals surface area contributed by atoms with Crippen LogP contribution in [0.3, 0.4) is 0 Å². The average Bonchev–Trinajstić information content (AvgIpc) is 3.27. The first kappa shape index (κ1) is 15.7. The number of hydrogen-bond donors (Lipinski definition) is 0. The van der Waals surface area contributed by atoms with Gasteiger partial charge in [0.15, 0.2) is 5.16 Å². The van der Waals surface area contributed by atoms with Crippen LogP contribution in [0.2, 0.25) is 0 Å². The maximum atomic E-state index is 12.9. The number of rotatable bonds is 5. The van der Waals surface area contributed by atoms with E-state index in [4.69, 9.17) is 8.94 Å². The van der Waals surface area contributed by atoms with Crippen LogP contribution in [0.4, 0.5) is 0 Å². The van der Waals surface area contributed by atoms with Crippen molar-refractivity contribution >= 4 is 22.7 Å². The maximum Gasteiger partial charge on any atom is 0.262 e. The maximum absolute atomic E-state index is 12.9. The molecule has 0 spiro atoms. The normalized spacial score (nSPS) is 11.2. The molecule has 4 rings (SSSR count). The first-order chi connectivity index (χ1) is 12.2. The van der Waals surface area contributed by atoms with Gasteiger partial charge in [-0.05, 0) is 31.2 Å². The third-order valence-electron chi connectivity index (χ3n) is 3.75. The first-order valence-corrected chi connectivity index (χ1v) is 8.76. The van der Waals surface area contributed by atoms with Crippen LogP contribution in [0.5, 0.6) is 0 Å². The van der Waals surface area contributed by atoms with E-state index in [1.54, 1.807) is 23.0 Å². The highest BCUT2D eigenvalue weighted by molar-refractivity contribution is 7.98. The average molecular weight is 353 g/mol. The molecule has 0 aliphatic heterocycles. The van der Waals surface area contributed by atoms with Gasteiger partial charge in [0.2, 0.25) is 0 Å². The monoisotopic (exact) mass is 353 g/mol. The summed E-state index contributed by atoms with van der Waals surface area (Å²) < 4.78 is 12.1. The SMILES string of the molecule is Cc1cc(CSc2nc3ccccc3c(=O)n2Cc2ccco2)no1. The number of aryl methyl sites for hydroxylation is 1. The number of furan rings is 1. The summed E-state index contributed by atoms with van der Waals surface area (Å²) in [5.74, 6) is 2.04. The number of hydrogen-bond acceptors (Lipinski definition) is 6. The molecule has 0 unspecified atom stereocenters. The molecule has 0 aliphatic carbocycles. The molecule has 0 saturated carbocycles. The van der Waals surface area contributed by atoms with Gasteiger partial charge in [0, 0.05) is 11.8 Å². The largest absolute Gasteiger partial charge is 0.467 e. The second-order valence-electron chi connectivity index (χ2n) is 5.60. The van der Waals surface area contributed by atoms with Crippen LogP contribution >= 0.6 is 11.8 Å². The van der Waals surface area contributed by atoms with Gasteiger partial charge in [-0.3, -0.25) is 9.36 Å². The lowest BCUT2D eigenvalue weighted by atomic mass is 10.2. The number of aromatic nitrogens is 3. The van der Waals surface area contributed by atoms with Gasteiger partial charge in [-0.2, -0.15) is 0 Å². The number of benzene rings is 1. The third kappa shape index (κ3) is 3.23. The van der Waals surface area contributed by atoms with Gasteiger partial charge in [0.1, 0.15) is 11.5 Å². The Morgan fingerprint density at radius 3 is 2.84 bits per heavy atom. The molecule has 0 saturated heterocycles. The molecule has 0 amide bonds. The Kier molecular flexibility index (Phi) is 4.15. The lowest BCUT2D eigenvalue weighted by Gasteiger charge is -2.11. The molecule has 3 aromatic heterocycles. The first-order valence-electron chi connectivity index (χ1n) is 7.77. The molecule has 0 N–H and O–H groups in total. The van der Waals surface area contributed by atoms with Gasteiger partial charge in [-0.25, -0.2) is 4.98 Å². The quantitative estimate of drug-likeness (QED) is 0.403. The molecule has 6 nitrogen and oxygen atoms in total. The molecule has 126 valence electrons. The smallest absolute Gasteiger partial charge is 0.262 e. The van der Waals surface area contributed by atoms with Gasteiger partial charge in [0.05, 0.1) is 29.4 Å². The van der Waals surface area contributed by atoms with Crippen molar-refractivity contribution in [3.63, 3.8) is 0 Å². The summed E-state index contributed by atoms with van der Waals surface area (Å²) in [5.41, 5.74) is 1.41.